The number of nitrogens with one attached hydrogen (secondary N) is 1. The number of aromatic nitrogens is 2. The van der Waals surface area contributed by atoms with E-state index in [2.05, 4.69) is 36.7 Å². The number of aliphatic imine (C=N–C) groups is 1. The van der Waals surface area contributed by atoms with Crippen LogP contribution >= 0.6 is 0 Å². The first-order valence-corrected chi connectivity index (χ1v) is 11.0. The summed E-state index contributed by atoms with van der Waals surface area (Å²) in [6.07, 6.45) is 2.67. The average Bonchev–Trinajstić information content (AvgIpc) is 3.48. The van der Waals surface area contributed by atoms with Gasteiger partial charge in [-0.05, 0) is 37.2 Å². The standard InChI is InChI=1S/C22H27N7O2/c1-2-6-18-17(5-1)24-22-28-16-27(9-4-8-26-10-13-30-14-11-26)15-23-21(28)25-20(29(18)22)19-7-3-12-31-19/h1-3,5-7,12,20H,4,8-11,13-16H2,(H,23,25)/t20-/m0/s1. The van der Waals surface area contributed by atoms with Crippen LogP contribution in [0, 0.1) is 0 Å². The van der Waals surface area contributed by atoms with E-state index in [1.54, 1.807) is 6.26 Å². The van der Waals surface area contributed by atoms with Gasteiger partial charge in [0.1, 0.15) is 5.76 Å². The summed E-state index contributed by atoms with van der Waals surface area (Å²) in [4.78, 5) is 16.9. The first kappa shape index (κ1) is 18.9. The highest BCUT2D eigenvalue weighted by Gasteiger charge is 2.36. The van der Waals surface area contributed by atoms with E-state index in [1.807, 2.05) is 24.3 Å². The first-order chi connectivity index (χ1) is 15.4. The lowest BCUT2D eigenvalue weighted by Gasteiger charge is -2.41. The minimum atomic E-state index is -0.166. The molecule has 0 unspecified atom stereocenters. The predicted octanol–water partition coefficient (Wildman–Crippen LogP) is 1.89. The first-order valence-electron chi connectivity index (χ1n) is 11.0. The zero-order chi connectivity index (χ0) is 20.6. The quantitative estimate of drug-likeness (QED) is 0.674. The van der Waals surface area contributed by atoms with Crippen LogP contribution in [0.4, 0.5) is 5.95 Å². The number of hydrogen-bond acceptors (Lipinski definition) is 8. The number of fused-ring (bicyclic) bond motifs is 5. The van der Waals surface area contributed by atoms with Crippen molar-refractivity contribution in [3.8, 4) is 0 Å². The molecule has 3 aliphatic rings. The third kappa shape index (κ3) is 3.48. The Kier molecular flexibility index (Phi) is 4.86. The molecule has 1 aromatic carbocycles. The van der Waals surface area contributed by atoms with Crippen LogP contribution in [0.3, 0.4) is 0 Å². The van der Waals surface area contributed by atoms with Gasteiger partial charge < -0.3 is 14.5 Å². The highest BCUT2D eigenvalue weighted by molar-refractivity contribution is 5.98. The molecule has 0 amide bonds. The largest absolute Gasteiger partial charge is 0.465 e. The van der Waals surface area contributed by atoms with Gasteiger partial charge in [-0.15, -0.1) is 0 Å². The highest BCUT2D eigenvalue weighted by atomic mass is 16.5. The van der Waals surface area contributed by atoms with Crippen molar-refractivity contribution >= 4 is 22.9 Å². The SMILES string of the molecule is c1coc([C@H]2NC3=NCN(CCCN4CCOCC4)CN3c3nc4ccccc4n32)c1. The highest BCUT2D eigenvalue weighted by Crippen LogP contribution is 2.33. The molecule has 9 nitrogen and oxygen atoms in total. The summed E-state index contributed by atoms with van der Waals surface area (Å²) in [5.74, 6) is 2.60. The Morgan fingerprint density at radius 3 is 2.77 bits per heavy atom. The van der Waals surface area contributed by atoms with E-state index < -0.39 is 0 Å². The fourth-order valence-corrected chi connectivity index (χ4v) is 4.64. The van der Waals surface area contributed by atoms with Crippen LogP contribution in [0.2, 0.25) is 0 Å². The maximum atomic E-state index is 5.75. The van der Waals surface area contributed by atoms with E-state index >= 15 is 0 Å². The van der Waals surface area contributed by atoms with Crippen LogP contribution in [-0.4, -0.2) is 78.0 Å². The number of guanidine groups is 1. The molecule has 162 valence electrons. The predicted molar refractivity (Wildman–Crippen MR) is 118 cm³/mol. The molecule has 0 radical (unpaired) electrons. The van der Waals surface area contributed by atoms with E-state index in [-0.39, 0.29) is 6.17 Å². The van der Waals surface area contributed by atoms with Gasteiger partial charge in [-0.25, -0.2) is 9.98 Å². The van der Waals surface area contributed by atoms with Crippen LogP contribution in [0.5, 0.6) is 0 Å². The molecule has 1 N–H and O–H groups in total. The number of rotatable bonds is 5. The van der Waals surface area contributed by atoms with Crippen molar-refractivity contribution < 1.29 is 9.15 Å². The monoisotopic (exact) mass is 421 g/mol. The second kappa shape index (κ2) is 7.99. The lowest BCUT2D eigenvalue weighted by atomic mass is 10.2. The smallest absolute Gasteiger partial charge is 0.216 e. The third-order valence-corrected chi connectivity index (χ3v) is 6.23. The van der Waals surface area contributed by atoms with Crippen molar-refractivity contribution in [1.29, 1.82) is 0 Å². The Labute approximate surface area is 180 Å². The maximum absolute atomic E-state index is 5.75. The Hall–Kier alpha value is -2.88. The van der Waals surface area contributed by atoms with Crippen LogP contribution in [-0.2, 0) is 4.74 Å². The second-order valence-corrected chi connectivity index (χ2v) is 8.23. The molecule has 31 heavy (non-hydrogen) atoms. The molecule has 1 saturated heterocycles. The van der Waals surface area contributed by atoms with E-state index in [0.29, 0.717) is 6.67 Å². The Morgan fingerprint density at radius 1 is 1.03 bits per heavy atom. The fraction of sp³-hybridized carbons (Fsp3) is 0.455. The van der Waals surface area contributed by atoms with Gasteiger partial charge in [-0.1, -0.05) is 12.1 Å². The molecule has 0 bridgehead atoms. The Balaban J connectivity index is 1.25. The second-order valence-electron chi connectivity index (χ2n) is 8.23. The summed E-state index contributed by atoms with van der Waals surface area (Å²) >= 11 is 0. The van der Waals surface area contributed by atoms with Gasteiger partial charge in [0.15, 0.2) is 6.17 Å². The van der Waals surface area contributed by atoms with E-state index in [0.717, 1.165) is 81.2 Å². The topological polar surface area (TPSA) is 74.3 Å². The lowest BCUT2D eigenvalue weighted by Crippen LogP contribution is -2.57. The van der Waals surface area contributed by atoms with Gasteiger partial charge in [-0.2, -0.15) is 0 Å². The Bertz CT molecular complexity index is 1070. The fourth-order valence-electron chi connectivity index (χ4n) is 4.64. The zero-order valence-corrected chi connectivity index (χ0v) is 17.5. The summed E-state index contributed by atoms with van der Waals surface area (Å²) in [7, 11) is 0. The van der Waals surface area contributed by atoms with Gasteiger partial charge >= 0.3 is 0 Å². The average molecular weight is 422 g/mol. The number of hydrogen-bond donors (Lipinski definition) is 1. The Morgan fingerprint density at radius 2 is 1.90 bits per heavy atom. The van der Waals surface area contributed by atoms with Gasteiger partial charge in [0, 0.05) is 19.6 Å². The molecule has 3 aromatic rings. The molecule has 1 atom stereocenters. The number of imidazole rings is 1. The summed E-state index contributed by atoms with van der Waals surface area (Å²) in [5.41, 5.74) is 2.05. The summed E-state index contributed by atoms with van der Waals surface area (Å²) in [5, 5.41) is 3.58. The van der Waals surface area contributed by atoms with Gasteiger partial charge in [-0.3, -0.25) is 19.3 Å². The zero-order valence-electron chi connectivity index (χ0n) is 17.5. The number of morpholine rings is 1. The van der Waals surface area contributed by atoms with Crippen LogP contribution < -0.4 is 10.2 Å². The van der Waals surface area contributed by atoms with Gasteiger partial charge in [0.25, 0.3) is 0 Å². The van der Waals surface area contributed by atoms with Gasteiger partial charge in [0.05, 0.1) is 43.8 Å². The van der Waals surface area contributed by atoms with Crippen molar-refractivity contribution in [3.05, 3.63) is 48.4 Å². The van der Waals surface area contributed by atoms with Crippen molar-refractivity contribution in [1.82, 2.24) is 24.7 Å². The number of anilines is 1. The van der Waals surface area contributed by atoms with Crippen molar-refractivity contribution in [2.75, 3.05) is 57.6 Å². The van der Waals surface area contributed by atoms with Crippen molar-refractivity contribution in [3.63, 3.8) is 0 Å². The van der Waals surface area contributed by atoms with E-state index in [9.17, 15) is 0 Å². The number of ether oxygens (including phenoxy) is 1. The number of para-hydroxylation sites is 2. The summed E-state index contributed by atoms with van der Waals surface area (Å²) in [6.45, 7) is 7.34. The molecular weight excluding hydrogens is 394 g/mol. The molecule has 0 spiro atoms. The third-order valence-electron chi connectivity index (χ3n) is 6.23. The van der Waals surface area contributed by atoms with Crippen LogP contribution in [0.1, 0.15) is 18.3 Å². The number of benzene rings is 1. The van der Waals surface area contributed by atoms with Crippen LogP contribution in [0.15, 0.2) is 52.1 Å². The summed E-state index contributed by atoms with van der Waals surface area (Å²) < 4.78 is 13.4. The lowest BCUT2D eigenvalue weighted by molar-refractivity contribution is 0.0361. The molecule has 9 heteroatoms. The number of nitrogens with zero attached hydrogens (tertiary/aromatic N) is 6. The number of furan rings is 1. The molecule has 0 saturated carbocycles. The molecule has 0 aliphatic carbocycles. The molecule has 1 fully saturated rings. The molecule has 2 aromatic heterocycles. The van der Waals surface area contributed by atoms with E-state index in [1.165, 1.54) is 0 Å². The van der Waals surface area contributed by atoms with Crippen molar-refractivity contribution in [2.45, 2.75) is 12.6 Å². The molecular formula is C22H27N7O2. The summed E-state index contributed by atoms with van der Waals surface area (Å²) in [6, 6.07) is 12.2. The minimum Gasteiger partial charge on any atom is -0.465 e. The normalized spacial score (nSPS) is 22.1. The van der Waals surface area contributed by atoms with Crippen LogP contribution in [0.25, 0.3) is 11.0 Å². The molecule has 5 heterocycles. The van der Waals surface area contributed by atoms with Gasteiger partial charge in [0.2, 0.25) is 11.9 Å². The van der Waals surface area contributed by atoms with E-state index in [4.69, 9.17) is 19.1 Å². The molecule has 6 rings (SSSR count). The minimum absolute atomic E-state index is 0.166. The van der Waals surface area contributed by atoms with Crippen molar-refractivity contribution in [2.24, 2.45) is 4.99 Å². The maximum Gasteiger partial charge on any atom is 0.216 e. The molecule has 3 aliphatic heterocycles.